The van der Waals surface area contributed by atoms with Gasteiger partial charge in [0.15, 0.2) is 21.0 Å². The predicted molar refractivity (Wildman–Crippen MR) is 62.2 cm³/mol. The molecular formula is C8H15NO7S2. The molecule has 18 heavy (non-hydrogen) atoms. The molecule has 0 aliphatic carbocycles. The number of hydrogen-bond donors (Lipinski definition) is 2. The maximum absolute atomic E-state index is 11.4. The van der Waals surface area contributed by atoms with E-state index in [1.165, 1.54) is 0 Å². The monoisotopic (exact) mass is 301 g/mol. The van der Waals surface area contributed by atoms with Crippen molar-refractivity contribution in [2.45, 2.75) is 25.0 Å². The molecular weight excluding hydrogens is 286 g/mol. The van der Waals surface area contributed by atoms with Gasteiger partial charge in [0.25, 0.3) is 0 Å². The Morgan fingerprint density at radius 2 is 1.94 bits per heavy atom. The SMILES string of the molecule is CS(=O)(=O)CS(=O)(=O)NCC1CCC(C(=O)O)O1. The number of hydrogen-bond acceptors (Lipinski definition) is 6. The van der Waals surface area contributed by atoms with Crippen LogP contribution in [0.1, 0.15) is 12.8 Å². The molecule has 8 nitrogen and oxygen atoms in total. The van der Waals surface area contributed by atoms with Crippen molar-refractivity contribution in [3.63, 3.8) is 0 Å². The van der Waals surface area contributed by atoms with Crippen molar-refractivity contribution in [2.75, 3.05) is 17.9 Å². The Balaban J connectivity index is 2.45. The van der Waals surface area contributed by atoms with E-state index in [1.807, 2.05) is 0 Å². The minimum Gasteiger partial charge on any atom is -0.479 e. The summed E-state index contributed by atoms with van der Waals surface area (Å²) >= 11 is 0. The van der Waals surface area contributed by atoms with Gasteiger partial charge in [0.05, 0.1) is 6.10 Å². The first-order valence-electron chi connectivity index (χ1n) is 5.12. The van der Waals surface area contributed by atoms with Crippen LogP contribution in [0, 0.1) is 0 Å². The highest BCUT2D eigenvalue weighted by Gasteiger charge is 2.31. The zero-order valence-electron chi connectivity index (χ0n) is 9.70. The van der Waals surface area contributed by atoms with Gasteiger partial charge in [-0.1, -0.05) is 0 Å². The van der Waals surface area contributed by atoms with Crippen molar-refractivity contribution in [2.24, 2.45) is 0 Å². The molecule has 2 N–H and O–H groups in total. The van der Waals surface area contributed by atoms with Crippen LogP contribution in [0.2, 0.25) is 0 Å². The lowest BCUT2D eigenvalue weighted by Crippen LogP contribution is -2.36. The lowest BCUT2D eigenvalue weighted by molar-refractivity contribution is -0.149. The number of ether oxygens (including phenoxy) is 1. The summed E-state index contributed by atoms with van der Waals surface area (Å²) in [5.41, 5.74) is 0. The molecule has 1 fully saturated rings. The van der Waals surface area contributed by atoms with Crippen molar-refractivity contribution < 1.29 is 31.5 Å². The van der Waals surface area contributed by atoms with Crippen LogP contribution in [0.25, 0.3) is 0 Å². The third-order valence-corrected chi connectivity index (χ3v) is 5.84. The molecule has 0 aromatic rings. The van der Waals surface area contributed by atoms with Gasteiger partial charge in [0.2, 0.25) is 10.0 Å². The zero-order valence-corrected chi connectivity index (χ0v) is 11.3. The molecule has 1 heterocycles. The molecule has 1 aliphatic heterocycles. The molecule has 2 unspecified atom stereocenters. The summed E-state index contributed by atoms with van der Waals surface area (Å²) < 4.78 is 51.6. The van der Waals surface area contributed by atoms with E-state index in [2.05, 4.69) is 4.72 Å². The Morgan fingerprint density at radius 1 is 1.33 bits per heavy atom. The number of carboxylic acids is 1. The molecule has 10 heteroatoms. The normalized spacial score (nSPS) is 25.2. The van der Waals surface area contributed by atoms with Gasteiger partial charge in [-0.25, -0.2) is 26.4 Å². The van der Waals surface area contributed by atoms with Gasteiger partial charge >= 0.3 is 5.97 Å². The van der Waals surface area contributed by atoms with Gasteiger partial charge in [-0.05, 0) is 12.8 Å². The van der Waals surface area contributed by atoms with Gasteiger partial charge in [0, 0.05) is 12.8 Å². The van der Waals surface area contributed by atoms with E-state index in [9.17, 15) is 21.6 Å². The first-order chi connectivity index (χ1) is 8.09. The van der Waals surface area contributed by atoms with Crippen molar-refractivity contribution in [1.29, 1.82) is 0 Å². The first-order valence-corrected chi connectivity index (χ1v) is 8.84. The van der Waals surface area contributed by atoms with Crippen LogP contribution in [0.3, 0.4) is 0 Å². The maximum Gasteiger partial charge on any atom is 0.332 e. The molecule has 0 radical (unpaired) electrons. The molecule has 0 spiro atoms. The quantitative estimate of drug-likeness (QED) is 0.613. The maximum atomic E-state index is 11.4. The van der Waals surface area contributed by atoms with Crippen LogP contribution in [-0.2, 0) is 29.4 Å². The summed E-state index contributed by atoms with van der Waals surface area (Å²) in [7, 11) is -7.57. The Bertz CT molecular complexity index is 510. The highest BCUT2D eigenvalue weighted by atomic mass is 32.3. The lowest BCUT2D eigenvalue weighted by atomic mass is 10.2. The fourth-order valence-electron chi connectivity index (χ4n) is 1.58. The molecule has 1 aliphatic rings. The molecule has 2 atom stereocenters. The molecule has 0 amide bonds. The Morgan fingerprint density at radius 3 is 2.39 bits per heavy atom. The average molecular weight is 301 g/mol. The molecule has 1 saturated heterocycles. The second kappa shape index (κ2) is 5.51. The van der Waals surface area contributed by atoms with Gasteiger partial charge in [-0.3, -0.25) is 0 Å². The van der Waals surface area contributed by atoms with Crippen LogP contribution in [-0.4, -0.2) is 58.0 Å². The number of carboxylic acid groups (broad SMARTS) is 1. The summed E-state index contributed by atoms with van der Waals surface area (Å²) in [5, 5.41) is 7.68. The molecule has 0 saturated carbocycles. The summed E-state index contributed by atoms with van der Waals surface area (Å²) in [6.45, 7) is -0.123. The van der Waals surface area contributed by atoms with Crippen molar-refractivity contribution in [1.82, 2.24) is 4.72 Å². The zero-order chi connectivity index (χ0) is 14.0. The van der Waals surface area contributed by atoms with Crippen molar-refractivity contribution in [3.8, 4) is 0 Å². The molecule has 0 aromatic heterocycles. The third-order valence-electron chi connectivity index (χ3n) is 2.28. The molecule has 1 rings (SSSR count). The van der Waals surface area contributed by atoms with Crippen molar-refractivity contribution >= 4 is 25.8 Å². The van der Waals surface area contributed by atoms with E-state index in [-0.39, 0.29) is 6.54 Å². The van der Waals surface area contributed by atoms with E-state index in [4.69, 9.17) is 9.84 Å². The van der Waals surface area contributed by atoms with E-state index >= 15 is 0 Å². The fraction of sp³-hybridized carbons (Fsp3) is 0.875. The molecule has 0 aromatic carbocycles. The highest BCUT2D eigenvalue weighted by molar-refractivity contribution is 8.06. The largest absolute Gasteiger partial charge is 0.479 e. The summed E-state index contributed by atoms with van der Waals surface area (Å²) in [5.74, 6) is -1.09. The highest BCUT2D eigenvalue weighted by Crippen LogP contribution is 2.19. The molecule has 106 valence electrons. The molecule has 0 bridgehead atoms. The smallest absolute Gasteiger partial charge is 0.332 e. The lowest BCUT2D eigenvalue weighted by Gasteiger charge is -2.12. The fourth-order valence-corrected chi connectivity index (χ4v) is 4.61. The summed E-state index contributed by atoms with van der Waals surface area (Å²) in [6.07, 6.45) is 0.0834. The minimum absolute atomic E-state index is 0.123. The van der Waals surface area contributed by atoms with Gasteiger partial charge in [-0.2, -0.15) is 0 Å². The number of rotatable bonds is 6. The van der Waals surface area contributed by atoms with E-state index in [0.29, 0.717) is 12.8 Å². The summed E-state index contributed by atoms with van der Waals surface area (Å²) in [4.78, 5) is 10.6. The number of aliphatic carboxylic acids is 1. The third kappa shape index (κ3) is 5.29. The predicted octanol–water partition coefficient (Wildman–Crippen LogP) is -1.46. The minimum atomic E-state index is -3.93. The van der Waals surface area contributed by atoms with Crippen LogP contribution in [0.4, 0.5) is 0 Å². The van der Waals surface area contributed by atoms with Crippen molar-refractivity contribution in [3.05, 3.63) is 0 Å². The Kier molecular flexibility index (Phi) is 4.70. The number of sulfonamides is 1. The van der Waals surface area contributed by atoms with Crippen LogP contribution >= 0.6 is 0 Å². The number of nitrogens with one attached hydrogen (secondary N) is 1. The van der Waals surface area contributed by atoms with Gasteiger partial charge in [0.1, 0.15) is 0 Å². The first kappa shape index (κ1) is 15.3. The van der Waals surface area contributed by atoms with Gasteiger partial charge < -0.3 is 9.84 Å². The van der Waals surface area contributed by atoms with Crippen LogP contribution < -0.4 is 4.72 Å². The van der Waals surface area contributed by atoms with E-state index in [0.717, 1.165) is 6.26 Å². The van der Waals surface area contributed by atoms with Crippen LogP contribution in [0.5, 0.6) is 0 Å². The number of sulfone groups is 1. The van der Waals surface area contributed by atoms with E-state index < -0.39 is 43.1 Å². The Labute approximate surface area is 105 Å². The average Bonchev–Trinajstić information content (AvgIpc) is 2.59. The Hall–Kier alpha value is -0.710. The summed E-state index contributed by atoms with van der Waals surface area (Å²) in [6, 6.07) is 0. The number of carbonyl (C=O) groups is 1. The second-order valence-corrected chi connectivity index (χ2v) is 8.48. The standard InChI is InChI=1S/C8H15NO7S2/c1-17(12,13)5-18(14,15)9-4-6-2-3-7(16-6)8(10)11/h6-7,9H,2-5H2,1H3,(H,10,11). The topological polar surface area (TPSA) is 127 Å². The second-order valence-electron chi connectivity index (χ2n) is 4.17. The van der Waals surface area contributed by atoms with Gasteiger partial charge in [-0.15, -0.1) is 0 Å². The van der Waals surface area contributed by atoms with Crippen LogP contribution in [0.15, 0.2) is 0 Å². The van der Waals surface area contributed by atoms with E-state index in [1.54, 1.807) is 0 Å².